The molecule has 0 aliphatic heterocycles. The monoisotopic (exact) mass is 264 g/mol. The van der Waals surface area contributed by atoms with Crippen molar-refractivity contribution in [2.75, 3.05) is 27.9 Å². The summed E-state index contributed by atoms with van der Waals surface area (Å²) in [4.78, 5) is 11.5. The molecule has 0 aliphatic rings. The summed E-state index contributed by atoms with van der Waals surface area (Å²) < 4.78 is 20.9. The molecule has 0 radical (unpaired) electrons. The van der Waals surface area contributed by atoms with Crippen LogP contribution in [0.2, 0.25) is 6.04 Å². The molecule has 0 amide bonds. The van der Waals surface area contributed by atoms with Gasteiger partial charge >= 0.3 is 14.8 Å². The van der Waals surface area contributed by atoms with Gasteiger partial charge in [-0.25, -0.2) is 0 Å². The fourth-order valence-electron chi connectivity index (χ4n) is 1.23. The largest absolute Gasteiger partial charge is 0.500 e. The molecule has 102 valence electrons. The molecule has 0 aromatic heterocycles. The topological polar surface area (TPSA) is 54.0 Å². The van der Waals surface area contributed by atoms with E-state index in [1.807, 2.05) is 20.8 Å². The molecule has 5 nitrogen and oxygen atoms in total. The Bertz CT molecular complexity index is 224. The summed E-state index contributed by atoms with van der Waals surface area (Å²) >= 11 is 0. The Balaban J connectivity index is 3.96. The maximum Gasteiger partial charge on any atom is 0.500 e. The molecule has 0 N–H and O–H groups in total. The lowest BCUT2D eigenvalue weighted by Crippen LogP contribution is -2.42. The third-order valence-electron chi connectivity index (χ3n) is 2.41. The van der Waals surface area contributed by atoms with Crippen molar-refractivity contribution < 1.29 is 22.8 Å². The van der Waals surface area contributed by atoms with Gasteiger partial charge in [0, 0.05) is 27.4 Å². The highest BCUT2D eigenvalue weighted by atomic mass is 28.4. The number of esters is 1. The second kappa shape index (κ2) is 7.10. The van der Waals surface area contributed by atoms with Crippen molar-refractivity contribution in [2.24, 2.45) is 5.41 Å². The van der Waals surface area contributed by atoms with Gasteiger partial charge in [0.1, 0.15) is 0 Å². The Morgan fingerprint density at radius 1 is 1.06 bits per heavy atom. The van der Waals surface area contributed by atoms with Gasteiger partial charge < -0.3 is 18.0 Å². The van der Waals surface area contributed by atoms with Crippen LogP contribution in [0.3, 0.4) is 0 Å². The lowest BCUT2D eigenvalue weighted by Gasteiger charge is -2.24. The van der Waals surface area contributed by atoms with E-state index in [2.05, 4.69) is 0 Å². The average Bonchev–Trinajstić information content (AvgIpc) is 2.29. The highest BCUT2D eigenvalue weighted by Gasteiger charge is 2.37. The van der Waals surface area contributed by atoms with Gasteiger partial charge in [-0.1, -0.05) is 0 Å². The van der Waals surface area contributed by atoms with Gasteiger partial charge in [-0.05, 0) is 27.2 Å². The normalized spacial score (nSPS) is 12.6. The SMILES string of the molecule is CO[Si](CCCOC(=O)C(C)(C)C)(OC)OC. The third kappa shape index (κ3) is 5.63. The fourth-order valence-corrected chi connectivity index (χ4v) is 2.92. The van der Waals surface area contributed by atoms with Crippen LogP contribution >= 0.6 is 0 Å². The van der Waals surface area contributed by atoms with Crippen LogP contribution in [0.5, 0.6) is 0 Å². The number of ether oxygens (including phenoxy) is 1. The smallest absolute Gasteiger partial charge is 0.465 e. The summed E-state index contributed by atoms with van der Waals surface area (Å²) in [5.41, 5.74) is -0.460. The molecule has 6 heteroatoms. The first-order valence-electron chi connectivity index (χ1n) is 5.64. The Hall–Kier alpha value is -0.433. The van der Waals surface area contributed by atoms with Gasteiger partial charge in [-0.3, -0.25) is 4.79 Å². The molecular weight excluding hydrogens is 240 g/mol. The summed E-state index contributed by atoms with van der Waals surface area (Å²) in [6, 6.07) is 0.633. The van der Waals surface area contributed by atoms with E-state index in [4.69, 9.17) is 18.0 Å². The number of rotatable bonds is 7. The zero-order valence-electron chi connectivity index (χ0n) is 11.7. The molecular formula is C11H24O5Si. The summed E-state index contributed by atoms with van der Waals surface area (Å²) in [5, 5.41) is 0. The van der Waals surface area contributed by atoms with E-state index in [1.54, 1.807) is 21.3 Å². The first-order chi connectivity index (χ1) is 7.81. The number of carbonyl (C=O) groups is 1. The standard InChI is InChI=1S/C11H24O5Si/c1-11(2,3)10(12)16-8-7-9-17(13-4,14-5)15-6/h7-9H2,1-6H3. The van der Waals surface area contributed by atoms with E-state index < -0.39 is 14.2 Å². The Labute approximate surface area is 105 Å². The number of hydrogen-bond donors (Lipinski definition) is 0. The first kappa shape index (κ1) is 16.6. The molecule has 17 heavy (non-hydrogen) atoms. The predicted molar refractivity (Wildman–Crippen MR) is 66.6 cm³/mol. The lowest BCUT2D eigenvalue weighted by molar-refractivity contribution is -0.152. The Morgan fingerprint density at radius 3 is 1.88 bits per heavy atom. The number of hydrogen-bond acceptors (Lipinski definition) is 5. The second-order valence-electron chi connectivity index (χ2n) is 4.78. The molecule has 0 aliphatic carbocycles. The highest BCUT2D eigenvalue weighted by molar-refractivity contribution is 6.60. The van der Waals surface area contributed by atoms with Crippen molar-refractivity contribution in [2.45, 2.75) is 33.2 Å². The summed E-state index contributed by atoms with van der Waals surface area (Å²) in [7, 11) is 2.18. The van der Waals surface area contributed by atoms with Gasteiger partial charge in [0.05, 0.1) is 12.0 Å². The Morgan fingerprint density at radius 2 is 1.53 bits per heavy atom. The van der Waals surface area contributed by atoms with Crippen LogP contribution in [-0.4, -0.2) is 42.7 Å². The molecule has 0 rings (SSSR count). The van der Waals surface area contributed by atoms with Crippen LogP contribution in [0.15, 0.2) is 0 Å². The minimum absolute atomic E-state index is 0.197. The molecule has 0 spiro atoms. The van der Waals surface area contributed by atoms with E-state index in [9.17, 15) is 4.79 Å². The van der Waals surface area contributed by atoms with E-state index in [1.165, 1.54) is 0 Å². The van der Waals surface area contributed by atoms with Gasteiger partial charge in [0.25, 0.3) is 0 Å². The number of carbonyl (C=O) groups excluding carboxylic acids is 1. The molecule has 0 fully saturated rings. The Kier molecular flexibility index (Phi) is 6.92. The van der Waals surface area contributed by atoms with E-state index in [0.29, 0.717) is 19.1 Å². The molecule has 0 unspecified atom stereocenters. The fraction of sp³-hybridized carbons (Fsp3) is 0.909. The molecule has 0 atom stereocenters. The van der Waals surface area contributed by atoms with Gasteiger partial charge in [0.15, 0.2) is 0 Å². The van der Waals surface area contributed by atoms with Gasteiger partial charge in [0.2, 0.25) is 0 Å². The molecule has 0 saturated carbocycles. The van der Waals surface area contributed by atoms with Crippen LogP contribution in [0.4, 0.5) is 0 Å². The van der Waals surface area contributed by atoms with Crippen molar-refractivity contribution in [1.29, 1.82) is 0 Å². The quantitative estimate of drug-likeness (QED) is 0.399. The van der Waals surface area contributed by atoms with Gasteiger partial charge in [-0.15, -0.1) is 0 Å². The van der Waals surface area contributed by atoms with E-state index >= 15 is 0 Å². The molecule has 0 heterocycles. The van der Waals surface area contributed by atoms with Crippen LogP contribution in [0.1, 0.15) is 27.2 Å². The van der Waals surface area contributed by atoms with Crippen molar-refractivity contribution in [3.63, 3.8) is 0 Å². The summed E-state index contributed by atoms with van der Waals surface area (Å²) in [6.45, 7) is 5.84. The third-order valence-corrected chi connectivity index (χ3v) is 5.24. The van der Waals surface area contributed by atoms with Crippen LogP contribution < -0.4 is 0 Å². The van der Waals surface area contributed by atoms with E-state index in [0.717, 1.165) is 0 Å². The van der Waals surface area contributed by atoms with Crippen molar-refractivity contribution in [3.05, 3.63) is 0 Å². The summed E-state index contributed by atoms with van der Waals surface area (Å²) in [5.74, 6) is -0.197. The maximum absolute atomic E-state index is 11.5. The molecule has 0 aromatic carbocycles. The van der Waals surface area contributed by atoms with Crippen LogP contribution in [0, 0.1) is 5.41 Å². The van der Waals surface area contributed by atoms with Gasteiger partial charge in [-0.2, -0.15) is 0 Å². The minimum Gasteiger partial charge on any atom is -0.465 e. The molecule has 0 aromatic rings. The van der Waals surface area contributed by atoms with Crippen LogP contribution in [0.25, 0.3) is 0 Å². The van der Waals surface area contributed by atoms with Crippen molar-refractivity contribution in [3.8, 4) is 0 Å². The first-order valence-corrected chi connectivity index (χ1v) is 7.57. The van der Waals surface area contributed by atoms with Crippen molar-refractivity contribution >= 4 is 14.8 Å². The highest BCUT2D eigenvalue weighted by Crippen LogP contribution is 2.17. The minimum atomic E-state index is -2.53. The zero-order chi connectivity index (χ0) is 13.5. The molecule has 0 saturated heterocycles. The lowest BCUT2D eigenvalue weighted by atomic mass is 9.97. The maximum atomic E-state index is 11.5. The average molecular weight is 264 g/mol. The van der Waals surface area contributed by atoms with Crippen molar-refractivity contribution in [1.82, 2.24) is 0 Å². The zero-order valence-corrected chi connectivity index (χ0v) is 12.7. The van der Waals surface area contributed by atoms with E-state index in [-0.39, 0.29) is 5.97 Å². The summed E-state index contributed by atoms with van der Waals surface area (Å²) in [6.07, 6.45) is 0.670. The predicted octanol–water partition coefficient (Wildman–Crippen LogP) is 1.84. The second-order valence-corrected chi connectivity index (χ2v) is 7.88. The molecule has 0 bridgehead atoms. The van der Waals surface area contributed by atoms with Crippen LogP contribution in [-0.2, 0) is 22.8 Å².